The lowest BCUT2D eigenvalue weighted by Crippen LogP contribution is -1.97. The van der Waals surface area contributed by atoms with Crippen LogP contribution in [0, 0.1) is 0 Å². The lowest BCUT2D eigenvalue weighted by Gasteiger charge is -2.05. The molecule has 1 nitrogen and oxygen atoms in total. The molecule has 0 saturated carbocycles. The minimum absolute atomic E-state index is 0.645. The number of benzene rings is 1. The van der Waals surface area contributed by atoms with Crippen molar-refractivity contribution in [2.75, 3.05) is 6.26 Å². The van der Waals surface area contributed by atoms with Gasteiger partial charge in [0.05, 0.1) is 4.47 Å². The zero-order chi connectivity index (χ0) is 8.43. The van der Waals surface area contributed by atoms with Crippen molar-refractivity contribution in [3.63, 3.8) is 0 Å². The van der Waals surface area contributed by atoms with Crippen LogP contribution in [-0.4, -0.2) is 10.8 Å². The van der Waals surface area contributed by atoms with E-state index < -0.39 is 11.2 Å². The van der Waals surface area contributed by atoms with Crippen LogP contribution in [-0.2, 0) is 11.2 Å². The van der Waals surface area contributed by atoms with Gasteiger partial charge in [-0.2, -0.15) is 0 Å². The molecular formula is C7H6BrClOS. The Balaban J connectivity index is 3.09. The van der Waals surface area contributed by atoms with Crippen molar-refractivity contribution in [3.8, 4) is 0 Å². The van der Waals surface area contributed by atoms with E-state index in [4.69, 9.17) is 11.6 Å². The van der Waals surface area contributed by atoms with Crippen molar-refractivity contribution in [2.24, 2.45) is 0 Å². The molecule has 0 N–H and O–H groups in total. The predicted octanol–water partition coefficient (Wildman–Crippen LogP) is 2.84. The smallest absolute Gasteiger partial charge is 0.166 e. The van der Waals surface area contributed by atoms with Crippen LogP contribution in [0.25, 0.3) is 0 Å². The van der Waals surface area contributed by atoms with Gasteiger partial charge in [-0.25, -0.2) is 0 Å². The monoisotopic (exact) mass is 252 g/mol. The minimum Gasteiger partial charge on any atom is -0.612 e. The average molecular weight is 254 g/mol. The average Bonchev–Trinajstić information content (AvgIpc) is 1.85. The van der Waals surface area contributed by atoms with Gasteiger partial charge < -0.3 is 4.55 Å². The van der Waals surface area contributed by atoms with Crippen LogP contribution >= 0.6 is 27.5 Å². The van der Waals surface area contributed by atoms with Gasteiger partial charge in [0.25, 0.3) is 0 Å². The molecule has 0 saturated heterocycles. The Morgan fingerprint density at radius 1 is 1.55 bits per heavy atom. The normalized spacial score (nSPS) is 13.1. The second kappa shape index (κ2) is 3.81. The molecular weight excluding hydrogens is 248 g/mol. The largest absolute Gasteiger partial charge is 0.612 e. The molecule has 60 valence electrons. The highest BCUT2D eigenvalue weighted by Crippen LogP contribution is 2.24. The maximum absolute atomic E-state index is 11.0. The van der Waals surface area contributed by atoms with Gasteiger partial charge in [0.1, 0.15) is 6.26 Å². The zero-order valence-corrected chi connectivity index (χ0v) is 8.96. The predicted molar refractivity (Wildman–Crippen MR) is 51.5 cm³/mol. The summed E-state index contributed by atoms with van der Waals surface area (Å²) < 4.78 is 11.8. The quantitative estimate of drug-likeness (QED) is 0.706. The Bertz CT molecular complexity index is 265. The summed E-state index contributed by atoms with van der Waals surface area (Å²) in [7, 11) is 0. The fraction of sp³-hybridized carbons (Fsp3) is 0.143. The lowest BCUT2D eigenvalue weighted by atomic mass is 10.4. The van der Waals surface area contributed by atoms with E-state index in [1.807, 2.05) is 0 Å². The van der Waals surface area contributed by atoms with Gasteiger partial charge in [-0.05, 0) is 45.3 Å². The summed E-state index contributed by atoms with van der Waals surface area (Å²) in [5, 5.41) is 0.645. The molecule has 1 aromatic carbocycles. The summed E-state index contributed by atoms with van der Waals surface area (Å²) in [5.74, 6) is 0. The third-order valence-electron chi connectivity index (χ3n) is 1.20. The molecule has 0 spiro atoms. The molecule has 4 heteroatoms. The lowest BCUT2D eigenvalue weighted by molar-refractivity contribution is 0.600. The maximum Gasteiger partial charge on any atom is 0.166 e. The van der Waals surface area contributed by atoms with E-state index in [0.29, 0.717) is 5.02 Å². The van der Waals surface area contributed by atoms with Crippen molar-refractivity contribution in [1.82, 2.24) is 0 Å². The summed E-state index contributed by atoms with van der Waals surface area (Å²) in [6.07, 6.45) is 1.63. The zero-order valence-electron chi connectivity index (χ0n) is 5.80. The van der Waals surface area contributed by atoms with E-state index >= 15 is 0 Å². The molecule has 0 bridgehead atoms. The molecule has 0 radical (unpaired) electrons. The first-order chi connectivity index (χ1) is 5.11. The second-order valence-corrected chi connectivity index (χ2v) is 4.67. The molecule has 0 amide bonds. The van der Waals surface area contributed by atoms with Crippen LogP contribution in [0.4, 0.5) is 0 Å². The second-order valence-electron chi connectivity index (χ2n) is 2.03. The van der Waals surface area contributed by atoms with Gasteiger partial charge in [0, 0.05) is 5.02 Å². The first kappa shape index (κ1) is 9.39. The molecule has 1 rings (SSSR count). The van der Waals surface area contributed by atoms with E-state index in [9.17, 15) is 4.55 Å². The van der Waals surface area contributed by atoms with Crippen LogP contribution in [0.5, 0.6) is 0 Å². The van der Waals surface area contributed by atoms with Crippen LogP contribution in [0.15, 0.2) is 27.6 Å². The first-order valence-corrected chi connectivity index (χ1v) is 5.62. The minimum atomic E-state index is -0.954. The van der Waals surface area contributed by atoms with Crippen LogP contribution in [0.3, 0.4) is 0 Å². The topological polar surface area (TPSA) is 23.1 Å². The highest BCUT2D eigenvalue weighted by atomic mass is 79.9. The number of hydrogen-bond acceptors (Lipinski definition) is 1. The molecule has 0 fully saturated rings. The first-order valence-electron chi connectivity index (χ1n) is 2.90. The third-order valence-corrected chi connectivity index (χ3v) is 3.33. The maximum atomic E-state index is 11.0. The molecule has 0 aliphatic rings. The van der Waals surface area contributed by atoms with Gasteiger partial charge in [-0.15, -0.1) is 0 Å². The summed E-state index contributed by atoms with van der Waals surface area (Å²) in [5.41, 5.74) is 0. The van der Waals surface area contributed by atoms with Crippen molar-refractivity contribution in [3.05, 3.63) is 27.7 Å². The summed E-state index contributed by atoms with van der Waals surface area (Å²) in [6.45, 7) is 0. The summed E-state index contributed by atoms with van der Waals surface area (Å²) in [6, 6.07) is 5.21. The molecule has 0 heterocycles. The summed E-state index contributed by atoms with van der Waals surface area (Å²) in [4.78, 5) is 0.773. The summed E-state index contributed by atoms with van der Waals surface area (Å²) >= 11 is 8.01. The van der Waals surface area contributed by atoms with Gasteiger partial charge >= 0.3 is 0 Å². The van der Waals surface area contributed by atoms with E-state index in [1.54, 1.807) is 24.5 Å². The van der Waals surface area contributed by atoms with Crippen molar-refractivity contribution < 1.29 is 4.55 Å². The number of rotatable bonds is 1. The van der Waals surface area contributed by atoms with E-state index in [1.165, 1.54) is 0 Å². The molecule has 0 aromatic heterocycles. The fourth-order valence-corrected chi connectivity index (χ4v) is 2.67. The molecule has 0 aliphatic carbocycles. The number of halogens is 2. The van der Waals surface area contributed by atoms with Crippen molar-refractivity contribution >= 4 is 38.7 Å². The van der Waals surface area contributed by atoms with Crippen LogP contribution in [0.1, 0.15) is 0 Å². The molecule has 1 aromatic rings. The van der Waals surface area contributed by atoms with E-state index in [-0.39, 0.29) is 0 Å². The third kappa shape index (κ3) is 2.37. The Morgan fingerprint density at radius 3 is 2.64 bits per heavy atom. The van der Waals surface area contributed by atoms with Crippen LogP contribution in [0.2, 0.25) is 5.02 Å². The van der Waals surface area contributed by atoms with Crippen molar-refractivity contribution in [1.29, 1.82) is 0 Å². The Hall–Kier alpha value is 0.300. The standard InChI is InChI=1S/C7H6BrClOS/c1-11(10)7-3-2-5(9)4-6(7)8/h2-4H,1H3. The van der Waals surface area contributed by atoms with Gasteiger partial charge in [0.2, 0.25) is 0 Å². The van der Waals surface area contributed by atoms with Gasteiger partial charge in [-0.3, -0.25) is 0 Å². The fourth-order valence-electron chi connectivity index (χ4n) is 0.708. The Morgan fingerprint density at radius 2 is 2.18 bits per heavy atom. The highest BCUT2D eigenvalue weighted by molar-refractivity contribution is 9.10. The number of hydrogen-bond donors (Lipinski definition) is 0. The highest BCUT2D eigenvalue weighted by Gasteiger charge is 2.08. The SMILES string of the molecule is C[S+]([O-])c1ccc(Cl)cc1Br. The van der Waals surface area contributed by atoms with Crippen LogP contribution < -0.4 is 0 Å². The van der Waals surface area contributed by atoms with E-state index in [0.717, 1.165) is 9.37 Å². The van der Waals surface area contributed by atoms with Gasteiger partial charge in [0.15, 0.2) is 4.90 Å². The van der Waals surface area contributed by atoms with Gasteiger partial charge in [-0.1, -0.05) is 11.6 Å². The Labute approximate surface area is 82.1 Å². The molecule has 1 unspecified atom stereocenters. The molecule has 0 aliphatic heterocycles. The van der Waals surface area contributed by atoms with Crippen molar-refractivity contribution in [2.45, 2.75) is 4.90 Å². The molecule has 1 atom stereocenters. The van der Waals surface area contributed by atoms with E-state index in [2.05, 4.69) is 15.9 Å². The molecule has 11 heavy (non-hydrogen) atoms. The Kier molecular flexibility index (Phi) is 3.25.